The average molecular weight is 262 g/mol. The number of fused-ring (bicyclic) bond motifs is 3. The van der Waals surface area contributed by atoms with Gasteiger partial charge in [-0.05, 0) is 24.3 Å². The van der Waals surface area contributed by atoms with Gasteiger partial charge in [0.1, 0.15) is 6.10 Å². The van der Waals surface area contributed by atoms with E-state index in [2.05, 4.69) is 19.7 Å². The molecule has 19 heavy (non-hydrogen) atoms. The molecule has 6 atom stereocenters. The Balaban J connectivity index is 2.05. The highest BCUT2D eigenvalue weighted by atomic mass is 16.6. The largest absolute Gasteiger partial charge is 0.458 e. The van der Waals surface area contributed by atoms with Crippen molar-refractivity contribution in [3.63, 3.8) is 0 Å². The van der Waals surface area contributed by atoms with Crippen molar-refractivity contribution >= 4 is 5.97 Å². The van der Waals surface area contributed by atoms with Gasteiger partial charge in [-0.3, -0.25) is 0 Å². The number of aliphatic hydroxyl groups is 2. The van der Waals surface area contributed by atoms with Gasteiger partial charge in [0.2, 0.25) is 0 Å². The number of carbonyl (C=O) groups is 1. The quantitative estimate of drug-likeness (QED) is 0.387. The van der Waals surface area contributed by atoms with E-state index < -0.39 is 30.2 Å². The van der Waals surface area contributed by atoms with Gasteiger partial charge in [0, 0.05) is 11.5 Å². The van der Waals surface area contributed by atoms with Gasteiger partial charge in [-0.1, -0.05) is 25.3 Å². The molecular weight excluding hydrogens is 244 g/mol. The summed E-state index contributed by atoms with van der Waals surface area (Å²) in [5, 5.41) is 20.3. The van der Waals surface area contributed by atoms with Crippen molar-refractivity contribution in [2.75, 3.05) is 0 Å². The molecule has 0 aromatic heterocycles. The van der Waals surface area contributed by atoms with Crippen molar-refractivity contribution in [2.45, 2.75) is 31.2 Å². The van der Waals surface area contributed by atoms with E-state index in [1.165, 1.54) is 0 Å². The fourth-order valence-electron chi connectivity index (χ4n) is 3.78. The fraction of sp³-hybridized carbons (Fsp3) is 0.533. The van der Waals surface area contributed by atoms with Crippen LogP contribution in [0.2, 0.25) is 0 Å². The zero-order chi connectivity index (χ0) is 13.9. The minimum absolute atomic E-state index is 0.0193. The lowest BCUT2D eigenvalue weighted by atomic mass is 9.81. The smallest absolute Gasteiger partial charge is 0.334 e. The van der Waals surface area contributed by atoms with E-state index in [4.69, 9.17) is 4.74 Å². The van der Waals surface area contributed by atoms with Crippen LogP contribution >= 0.6 is 0 Å². The molecule has 2 saturated carbocycles. The fourth-order valence-corrected chi connectivity index (χ4v) is 3.78. The van der Waals surface area contributed by atoms with Crippen LogP contribution in [0.1, 0.15) is 12.8 Å². The molecule has 4 nitrogen and oxygen atoms in total. The minimum atomic E-state index is -0.702. The van der Waals surface area contributed by atoms with Crippen molar-refractivity contribution in [1.29, 1.82) is 0 Å². The lowest BCUT2D eigenvalue weighted by molar-refractivity contribution is -0.141. The molecule has 3 fully saturated rings. The summed E-state index contributed by atoms with van der Waals surface area (Å²) >= 11 is 0. The van der Waals surface area contributed by atoms with Crippen LogP contribution in [0.5, 0.6) is 0 Å². The monoisotopic (exact) mass is 262 g/mol. The number of ether oxygens (including phenoxy) is 1. The van der Waals surface area contributed by atoms with Gasteiger partial charge in [0.25, 0.3) is 0 Å². The molecule has 2 N–H and O–H groups in total. The Morgan fingerprint density at radius 3 is 2.53 bits per heavy atom. The molecule has 0 amide bonds. The Labute approximate surface area is 112 Å². The third-order valence-electron chi connectivity index (χ3n) is 4.79. The summed E-state index contributed by atoms with van der Waals surface area (Å²) in [6.07, 6.45) is -0.800. The molecule has 0 spiro atoms. The third kappa shape index (κ3) is 1.63. The molecule has 0 bridgehead atoms. The Morgan fingerprint density at radius 1 is 1.16 bits per heavy atom. The number of esters is 1. The Bertz CT molecular complexity index is 492. The standard InChI is InChI=1S/C15H18O4/c1-6-4-11(17)13-8(3)15(18)19-14(13)12-7(2)10(16)5-9(6)12/h9-14,16-17H,1-5H2/t9-,10-,11+,12-,13+,14+/m0/s1. The van der Waals surface area contributed by atoms with Crippen molar-refractivity contribution in [3.05, 3.63) is 36.5 Å². The van der Waals surface area contributed by atoms with Gasteiger partial charge in [-0.15, -0.1) is 0 Å². The molecule has 4 heteroatoms. The second kappa shape index (κ2) is 4.05. The molecule has 1 aliphatic heterocycles. The topological polar surface area (TPSA) is 66.8 Å². The van der Waals surface area contributed by atoms with Gasteiger partial charge in [-0.25, -0.2) is 4.79 Å². The SMILES string of the molecule is C=C1C(=O)O[C@@H]2[C@H]3C(=C)[C@@H](O)C[C@H]3C(=C)C[C@@H](O)[C@@H]12. The number of rotatable bonds is 0. The normalized spacial score (nSPS) is 45.8. The maximum atomic E-state index is 11.7. The lowest BCUT2D eigenvalue weighted by Gasteiger charge is -2.26. The highest BCUT2D eigenvalue weighted by Crippen LogP contribution is 2.51. The molecule has 0 aromatic carbocycles. The van der Waals surface area contributed by atoms with Crippen LogP contribution in [0, 0.1) is 17.8 Å². The zero-order valence-corrected chi connectivity index (χ0v) is 10.7. The first kappa shape index (κ1) is 12.6. The van der Waals surface area contributed by atoms with Crippen molar-refractivity contribution in [1.82, 2.24) is 0 Å². The van der Waals surface area contributed by atoms with Crippen LogP contribution in [0.3, 0.4) is 0 Å². The van der Waals surface area contributed by atoms with Crippen LogP contribution in [0.4, 0.5) is 0 Å². The van der Waals surface area contributed by atoms with Crippen LogP contribution < -0.4 is 0 Å². The molecule has 102 valence electrons. The van der Waals surface area contributed by atoms with E-state index in [-0.39, 0.29) is 11.8 Å². The number of hydrogen-bond acceptors (Lipinski definition) is 4. The summed E-state index contributed by atoms with van der Waals surface area (Å²) < 4.78 is 5.40. The highest BCUT2D eigenvalue weighted by Gasteiger charge is 2.55. The molecule has 1 heterocycles. The first-order valence-corrected chi connectivity index (χ1v) is 6.54. The molecule has 0 unspecified atom stereocenters. The maximum Gasteiger partial charge on any atom is 0.334 e. The maximum absolute atomic E-state index is 11.7. The summed E-state index contributed by atoms with van der Waals surface area (Å²) in [5.41, 5.74) is 1.89. The Morgan fingerprint density at radius 2 is 1.84 bits per heavy atom. The van der Waals surface area contributed by atoms with E-state index in [0.29, 0.717) is 24.0 Å². The van der Waals surface area contributed by atoms with Crippen LogP contribution in [0.15, 0.2) is 36.5 Å². The van der Waals surface area contributed by atoms with Crippen LogP contribution in [0.25, 0.3) is 0 Å². The van der Waals surface area contributed by atoms with Crippen molar-refractivity contribution in [3.8, 4) is 0 Å². The first-order valence-electron chi connectivity index (χ1n) is 6.54. The van der Waals surface area contributed by atoms with E-state index >= 15 is 0 Å². The lowest BCUT2D eigenvalue weighted by Crippen LogP contribution is -2.33. The second-order valence-electron chi connectivity index (χ2n) is 5.81. The van der Waals surface area contributed by atoms with Crippen molar-refractivity contribution in [2.24, 2.45) is 17.8 Å². The zero-order valence-electron chi connectivity index (χ0n) is 10.7. The molecule has 1 saturated heterocycles. The minimum Gasteiger partial charge on any atom is -0.458 e. The Hall–Kier alpha value is -1.39. The first-order chi connectivity index (χ1) is 8.91. The number of carbonyl (C=O) groups excluding carboxylic acids is 1. The molecular formula is C15H18O4. The van der Waals surface area contributed by atoms with Gasteiger partial charge in [0.05, 0.1) is 18.1 Å². The number of hydrogen-bond donors (Lipinski definition) is 2. The summed E-state index contributed by atoms with van der Waals surface area (Å²) in [6.45, 7) is 11.7. The molecule has 0 radical (unpaired) electrons. The third-order valence-corrected chi connectivity index (χ3v) is 4.79. The van der Waals surface area contributed by atoms with Gasteiger partial charge in [0.15, 0.2) is 0 Å². The van der Waals surface area contributed by atoms with Gasteiger partial charge in [-0.2, -0.15) is 0 Å². The average Bonchev–Trinajstić information content (AvgIpc) is 2.75. The molecule has 2 aliphatic carbocycles. The summed E-state index contributed by atoms with van der Waals surface area (Å²) in [4.78, 5) is 11.7. The second-order valence-corrected chi connectivity index (χ2v) is 5.81. The van der Waals surface area contributed by atoms with E-state index in [1.54, 1.807) is 0 Å². The van der Waals surface area contributed by atoms with Gasteiger partial charge >= 0.3 is 5.97 Å². The highest BCUT2D eigenvalue weighted by molar-refractivity contribution is 5.91. The Kier molecular flexibility index (Phi) is 2.69. The van der Waals surface area contributed by atoms with E-state index in [0.717, 1.165) is 5.57 Å². The molecule has 3 aliphatic rings. The summed E-state index contributed by atoms with van der Waals surface area (Å²) in [6, 6.07) is 0. The summed E-state index contributed by atoms with van der Waals surface area (Å²) in [5.74, 6) is -1.01. The molecule has 3 rings (SSSR count). The summed E-state index contributed by atoms with van der Waals surface area (Å²) in [7, 11) is 0. The number of aliphatic hydroxyl groups excluding tert-OH is 2. The van der Waals surface area contributed by atoms with Crippen LogP contribution in [-0.4, -0.2) is 34.5 Å². The molecule has 0 aromatic rings. The van der Waals surface area contributed by atoms with Crippen LogP contribution in [-0.2, 0) is 9.53 Å². The predicted molar refractivity (Wildman–Crippen MR) is 69.0 cm³/mol. The van der Waals surface area contributed by atoms with E-state index in [1.807, 2.05) is 0 Å². The van der Waals surface area contributed by atoms with E-state index in [9.17, 15) is 15.0 Å². The predicted octanol–water partition coefficient (Wildman–Crippen LogP) is 0.958. The van der Waals surface area contributed by atoms with Crippen molar-refractivity contribution < 1.29 is 19.7 Å². The van der Waals surface area contributed by atoms with Gasteiger partial charge < -0.3 is 14.9 Å².